The lowest BCUT2D eigenvalue weighted by Gasteiger charge is -2.32. The highest BCUT2D eigenvalue weighted by atomic mass is 28.4. The normalized spacial score (nSPS) is 14.5. The van der Waals surface area contributed by atoms with Crippen LogP contribution in [-0.4, -0.2) is 34.0 Å². The quantitative estimate of drug-likeness (QED) is 0.590. The van der Waals surface area contributed by atoms with Gasteiger partial charge in [-0.15, -0.1) is 0 Å². The van der Waals surface area contributed by atoms with Gasteiger partial charge in [-0.05, 0) is 27.3 Å². The Labute approximate surface area is 81.8 Å². The molecule has 1 atom stereocenters. The van der Waals surface area contributed by atoms with Crippen LogP contribution in [0.3, 0.4) is 0 Å². The van der Waals surface area contributed by atoms with E-state index in [1.807, 2.05) is 20.8 Å². The van der Waals surface area contributed by atoms with E-state index < -0.39 is 8.56 Å². The van der Waals surface area contributed by atoms with Crippen LogP contribution in [0.1, 0.15) is 20.8 Å². The van der Waals surface area contributed by atoms with Gasteiger partial charge in [-0.2, -0.15) is 0 Å². The van der Waals surface area contributed by atoms with Crippen molar-refractivity contribution in [2.75, 3.05) is 19.8 Å². The lowest BCUT2D eigenvalue weighted by atomic mass is 10.8. The molecule has 4 N–H and O–H groups in total. The Balaban J connectivity index is 4.38. The van der Waals surface area contributed by atoms with Crippen LogP contribution in [0.4, 0.5) is 0 Å². The Bertz CT molecular complexity index is 116. The van der Waals surface area contributed by atoms with Crippen LogP contribution in [-0.2, 0) is 8.85 Å². The second kappa shape index (κ2) is 6.50. The predicted octanol–water partition coefficient (Wildman–Crippen LogP) is 0.347. The summed E-state index contributed by atoms with van der Waals surface area (Å²) in [6, 6.07) is 0.770. The van der Waals surface area contributed by atoms with Crippen molar-refractivity contribution >= 4 is 8.56 Å². The van der Waals surface area contributed by atoms with Crippen LogP contribution in [0.15, 0.2) is 0 Å². The summed E-state index contributed by atoms with van der Waals surface area (Å²) in [4.78, 5) is 0. The summed E-state index contributed by atoms with van der Waals surface area (Å²) in [5.41, 5.74) is 11.4. The van der Waals surface area contributed by atoms with E-state index in [-0.39, 0.29) is 5.67 Å². The lowest BCUT2D eigenvalue weighted by molar-refractivity contribution is 0.175. The van der Waals surface area contributed by atoms with Crippen LogP contribution in [0.2, 0.25) is 6.04 Å². The lowest BCUT2D eigenvalue weighted by Crippen LogP contribution is -2.57. The Morgan fingerprint density at radius 2 is 1.69 bits per heavy atom. The molecule has 0 amide bonds. The van der Waals surface area contributed by atoms with Crippen molar-refractivity contribution in [3.8, 4) is 0 Å². The fourth-order valence-electron chi connectivity index (χ4n) is 1.37. The summed E-state index contributed by atoms with van der Waals surface area (Å²) in [6.07, 6.45) is 0. The molecule has 0 saturated heterocycles. The van der Waals surface area contributed by atoms with Crippen LogP contribution in [0.5, 0.6) is 0 Å². The maximum absolute atomic E-state index is 5.89. The third-order valence-corrected chi connectivity index (χ3v) is 5.89. The largest absolute Gasteiger partial charge is 0.394 e. The Morgan fingerprint density at radius 1 is 1.23 bits per heavy atom. The molecule has 1 unspecified atom stereocenters. The Kier molecular flexibility index (Phi) is 6.53. The molecule has 80 valence electrons. The molecule has 13 heavy (non-hydrogen) atoms. The number of hydrogen-bond donors (Lipinski definition) is 2. The second-order valence-corrected chi connectivity index (χ2v) is 6.62. The number of hydrogen-bond acceptors (Lipinski definition) is 4. The molecule has 0 bridgehead atoms. The molecule has 0 fully saturated rings. The highest BCUT2D eigenvalue weighted by Gasteiger charge is 2.40. The summed E-state index contributed by atoms with van der Waals surface area (Å²) < 4.78 is 11.4. The SMILES string of the molecule is CCO[Si](CCN)(OCC)C(C)N. The van der Waals surface area contributed by atoms with Crippen molar-refractivity contribution in [2.24, 2.45) is 11.5 Å². The van der Waals surface area contributed by atoms with Gasteiger partial charge in [-0.3, -0.25) is 0 Å². The van der Waals surface area contributed by atoms with Crippen molar-refractivity contribution in [3.05, 3.63) is 0 Å². The van der Waals surface area contributed by atoms with E-state index in [2.05, 4.69) is 0 Å². The summed E-state index contributed by atoms with van der Waals surface area (Å²) in [7, 11) is -2.22. The molecule has 0 aliphatic carbocycles. The first-order chi connectivity index (χ1) is 6.13. The van der Waals surface area contributed by atoms with Gasteiger partial charge in [-0.25, -0.2) is 0 Å². The van der Waals surface area contributed by atoms with E-state index in [9.17, 15) is 0 Å². The molecule has 0 aliphatic heterocycles. The standard InChI is InChI=1S/C8H22N2O2Si/c1-4-11-13(7-6-9,8(3)10)12-5-2/h8H,4-7,9-10H2,1-3H3. The highest BCUT2D eigenvalue weighted by molar-refractivity contribution is 6.69. The van der Waals surface area contributed by atoms with Gasteiger partial charge in [0, 0.05) is 24.9 Å². The van der Waals surface area contributed by atoms with E-state index in [4.69, 9.17) is 20.3 Å². The molecule has 0 spiro atoms. The minimum atomic E-state index is -2.22. The molecular weight excluding hydrogens is 184 g/mol. The molecule has 0 aromatic carbocycles. The Morgan fingerprint density at radius 3 is 1.92 bits per heavy atom. The molecular formula is C8H22N2O2Si. The zero-order valence-electron chi connectivity index (χ0n) is 8.88. The first-order valence-corrected chi connectivity index (χ1v) is 6.96. The monoisotopic (exact) mass is 206 g/mol. The predicted molar refractivity (Wildman–Crippen MR) is 56.5 cm³/mol. The minimum Gasteiger partial charge on any atom is -0.394 e. The number of nitrogens with two attached hydrogens (primary N) is 2. The third kappa shape index (κ3) is 3.74. The van der Waals surface area contributed by atoms with E-state index >= 15 is 0 Å². The fourth-order valence-corrected chi connectivity index (χ4v) is 4.10. The average Bonchev–Trinajstić information content (AvgIpc) is 2.05. The van der Waals surface area contributed by atoms with Gasteiger partial charge in [0.1, 0.15) is 0 Å². The van der Waals surface area contributed by atoms with E-state index in [0.717, 1.165) is 6.04 Å². The summed E-state index contributed by atoms with van der Waals surface area (Å²) in [5, 5.41) is 0. The molecule has 0 saturated carbocycles. The van der Waals surface area contributed by atoms with Crippen LogP contribution < -0.4 is 11.5 Å². The van der Waals surface area contributed by atoms with Gasteiger partial charge in [0.25, 0.3) is 0 Å². The average molecular weight is 206 g/mol. The fraction of sp³-hybridized carbons (Fsp3) is 1.00. The molecule has 0 heterocycles. The van der Waals surface area contributed by atoms with E-state index in [1.54, 1.807) is 0 Å². The summed E-state index contributed by atoms with van der Waals surface area (Å²) in [6.45, 7) is 7.72. The van der Waals surface area contributed by atoms with Gasteiger partial charge < -0.3 is 20.3 Å². The smallest absolute Gasteiger partial charge is 0.356 e. The van der Waals surface area contributed by atoms with Crippen molar-refractivity contribution < 1.29 is 8.85 Å². The zero-order valence-corrected chi connectivity index (χ0v) is 9.88. The van der Waals surface area contributed by atoms with E-state index in [1.165, 1.54) is 0 Å². The second-order valence-electron chi connectivity index (χ2n) is 3.01. The molecule has 4 nitrogen and oxygen atoms in total. The number of rotatable bonds is 7. The Hall–Kier alpha value is 0.0569. The molecule has 0 aromatic heterocycles. The topological polar surface area (TPSA) is 70.5 Å². The van der Waals surface area contributed by atoms with Gasteiger partial charge in [0.05, 0.1) is 0 Å². The molecule has 0 rings (SSSR count). The molecule has 0 radical (unpaired) electrons. The summed E-state index contributed by atoms with van der Waals surface area (Å²) in [5.74, 6) is 0. The van der Waals surface area contributed by atoms with E-state index in [0.29, 0.717) is 19.8 Å². The van der Waals surface area contributed by atoms with Gasteiger partial charge in [-0.1, -0.05) is 0 Å². The highest BCUT2D eigenvalue weighted by Crippen LogP contribution is 2.16. The van der Waals surface area contributed by atoms with Crippen LogP contribution >= 0.6 is 0 Å². The van der Waals surface area contributed by atoms with Gasteiger partial charge in [0.15, 0.2) is 0 Å². The summed E-state index contributed by atoms with van der Waals surface area (Å²) >= 11 is 0. The van der Waals surface area contributed by atoms with Crippen molar-refractivity contribution in [3.63, 3.8) is 0 Å². The first kappa shape index (κ1) is 13.1. The van der Waals surface area contributed by atoms with Crippen LogP contribution in [0, 0.1) is 0 Å². The third-order valence-electron chi connectivity index (χ3n) is 1.96. The van der Waals surface area contributed by atoms with Crippen molar-refractivity contribution in [2.45, 2.75) is 32.5 Å². The maximum atomic E-state index is 5.89. The minimum absolute atomic E-state index is 0.0315. The van der Waals surface area contributed by atoms with Gasteiger partial charge >= 0.3 is 8.56 Å². The van der Waals surface area contributed by atoms with Crippen molar-refractivity contribution in [1.82, 2.24) is 0 Å². The molecule has 0 aliphatic rings. The first-order valence-electron chi connectivity index (χ1n) is 4.86. The van der Waals surface area contributed by atoms with Crippen molar-refractivity contribution in [1.29, 1.82) is 0 Å². The molecule has 0 aromatic rings. The van der Waals surface area contributed by atoms with Gasteiger partial charge in [0.2, 0.25) is 0 Å². The maximum Gasteiger partial charge on any atom is 0.356 e. The van der Waals surface area contributed by atoms with Crippen LogP contribution in [0.25, 0.3) is 0 Å². The zero-order chi connectivity index (χ0) is 10.3. The molecule has 5 heteroatoms.